The summed E-state index contributed by atoms with van der Waals surface area (Å²) in [7, 11) is 0. The highest BCUT2D eigenvalue weighted by Crippen LogP contribution is 2.27. The number of ether oxygens (including phenoxy) is 1. The van der Waals surface area contributed by atoms with Crippen LogP contribution in [0, 0.1) is 5.92 Å². The molecule has 5 nitrogen and oxygen atoms in total. The third kappa shape index (κ3) is 2.41. The fourth-order valence-electron chi connectivity index (χ4n) is 1.75. The molecular formula is C11H19N3O2. The molecule has 2 heterocycles. The van der Waals surface area contributed by atoms with Crippen LogP contribution < -0.4 is 5.73 Å². The first-order valence-electron chi connectivity index (χ1n) is 5.89. The summed E-state index contributed by atoms with van der Waals surface area (Å²) in [6.45, 7) is 4.86. The summed E-state index contributed by atoms with van der Waals surface area (Å²) in [5.41, 5.74) is 5.95. The SMILES string of the molecule is CC(C)C(N)c1noc(C2CCCCO2)n1. The van der Waals surface area contributed by atoms with Gasteiger partial charge in [0.05, 0.1) is 6.04 Å². The molecule has 0 bridgehead atoms. The second-order valence-corrected chi connectivity index (χ2v) is 4.62. The van der Waals surface area contributed by atoms with E-state index in [1.807, 2.05) is 13.8 Å². The molecule has 1 aromatic rings. The number of aromatic nitrogens is 2. The summed E-state index contributed by atoms with van der Waals surface area (Å²) in [6.07, 6.45) is 3.19. The summed E-state index contributed by atoms with van der Waals surface area (Å²) >= 11 is 0. The Hall–Kier alpha value is -0.940. The van der Waals surface area contributed by atoms with Crippen molar-refractivity contribution in [2.75, 3.05) is 6.61 Å². The molecule has 90 valence electrons. The molecule has 0 radical (unpaired) electrons. The van der Waals surface area contributed by atoms with Crippen LogP contribution in [0.1, 0.15) is 57.0 Å². The van der Waals surface area contributed by atoms with Crippen LogP contribution in [0.25, 0.3) is 0 Å². The highest BCUT2D eigenvalue weighted by Gasteiger charge is 2.24. The Kier molecular flexibility index (Phi) is 3.56. The first-order valence-corrected chi connectivity index (χ1v) is 5.89. The van der Waals surface area contributed by atoms with Crippen molar-refractivity contribution in [3.05, 3.63) is 11.7 Å². The molecule has 1 aliphatic rings. The van der Waals surface area contributed by atoms with E-state index >= 15 is 0 Å². The van der Waals surface area contributed by atoms with Crippen LogP contribution in [0.2, 0.25) is 0 Å². The molecule has 0 saturated carbocycles. The molecule has 1 fully saturated rings. The normalized spacial score (nSPS) is 23.6. The maximum Gasteiger partial charge on any atom is 0.255 e. The smallest absolute Gasteiger partial charge is 0.255 e. The number of hydrogen-bond donors (Lipinski definition) is 1. The van der Waals surface area contributed by atoms with E-state index < -0.39 is 0 Å². The summed E-state index contributed by atoms with van der Waals surface area (Å²) in [4.78, 5) is 4.33. The molecule has 2 N–H and O–H groups in total. The molecule has 0 aromatic carbocycles. The van der Waals surface area contributed by atoms with Gasteiger partial charge in [0, 0.05) is 6.61 Å². The van der Waals surface area contributed by atoms with Gasteiger partial charge in [-0.05, 0) is 25.2 Å². The second kappa shape index (κ2) is 4.93. The Labute approximate surface area is 95.3 Å². The highest BCUT2D eigenvalue weighted by molar-refractivity contribution is 4.96. The monoisotopic (exact) mass is 225 g/mol. The Morgan fingerprint density at radius 2 is 2.19 bits per heavy atom. The first-order chi connectivity index (χ1) is 7.68. The first kappa shape index (κ1) is 11.5. The van der Waals surface area contributed by atoms with Gasteiger partial charge in [0.2, 0.25) is 0 Å². The number of nitrogens with two attached hydrogens (primary N) is 1. The minimum absolute atomic E-state index is 0.0330. The number of hydrogen-bond acceptors (Lipinski definition) is 5. The lowest BCUT2D eigenvalue weighted by Crippen LogP contribution is -2.18. The van der Waals surface area contributed by atoms with Crippen LogP contribution >= 0.6 is 0 Å². The van der Waals surface area contributed by atoms with Gasteiger partial charge in [-0.2, -0.15) is 4.98 Å². The van der Waals surface area contributed by atoms with Crippen molar-refractivity contribution in [3.8, 4) is 0 Å². The van der Waals surface area contributed by atoms with Gasteiger partial charge in [0.1, 0.15) is 6.10 Å². The van der Waals surface area contributed by atoms with E-state index in [1.165, 1.54) is 0 Å². The molecule has 1 aromatic heterocycles. The maximum absolute atomic E-state index is 5.95. The average molecular weight is 225 g/mol. The molecular weight excluding hydrogens is 206 g/mol. The molecule has 0 amide bonds. The zero-order chi connectivity index (χ0) is 11.5. The van der Waals surface area contributed by atoms with Gasteiger partial charge >= 0.3 is 0 Å². The molecule has 2 atom stereocenters. The second-order valence-electron chi connectivity index (χ2n) is 4.62. The van der Waals surface area contributed by atoms with E-state index in [1.54, 1.807) is 0 Å². The molecule has 0 aliphatic carbocycles. The Morgan fingerprint density at radius 1 is 1.38 bits per heavy atom. The van der Waals surface area contributed by atoms with Crippen LogP contribution in [0.5, 0.6) is 0 Å². The van der Waals surface area contributed by atoms with E-state index in [4.69, 9.17) is 15.0 Å². The van der Waals surface area contributed by atoms with Crippen molar-refractivity contribution in [2.24, 2.45) is 11.7 Å². The quantitative estimate of drug-likeness (QED) is 0.851. The van der Waals surface area contributed by atoms with Crippen molar-refractivity contribution >= 4 is 0 Å². The van der Waals surface area contributed by atoms with Crippen LogP contribution in [-0.4, -0.2) is 16.7 Å². The molecule has 1 aliphatic heterocycles. The van der Waals surface area contributed by atoms with Crippen LogP contribution in [0.15, 0.2) is 4.52 Å². The molecule has 16 heavy (non-hydrogen) atoms. The lowest BCUT2D eigenvalue weighted by molar-refractivity contribution is -0.00459. The van der Waals surface area contributed by atoms with Gasteiger partial charge in [0.25, 0.3) is 5.89 Å². The topological polar surface area (TPSA) is 74.2 Å². The lowest BCUT2D eigenvalue weighted by Gasteiger charge is -2.18. The highest BCUT2D eigenvalue weighted by atomic mass is 16.5. The van der Waals surface area contributed by atoms with Crippen LogP contribution in [0.4, 0.5) is 0 Å². The van der Waals surface area contributed by atoms with E-state index in [0.717, 1.165) is 25.9 Å². The standard InChI is InChI=1S/C11H19N3O2/c1-7(2)9(12)10-13-11(16-14-10)8-5-3-4-6-15-8/h7-9H,3-6,12H2,1-2H3. The van der Waals surface area contributed by atoms with Gasteiger partial charge in [-0.15, -0.1) is 0 Å². The minimum atomic E-state index is -0.166. The Bertz CT molecular complexity index is 332. The van der Waals surface area contributed by atoms with Gasteiger partial charge in [0.15, 0.2) is 5.82 Å². The number of rotatable bonds is 3. The van der Waals surface area contributed by atoms with Crippen molar-refractivity contribution in [3.63, 3.8) is 0 Å². The lowest BCUT2D eigenvalue weighted by atomic mass is 10.1. The fraction of sp³-hybridized carbons (Fsp3) is 0.818. The Morgan fingerprint density at radius 3 is 2.81 bits per heavy atom. The van der Waals surface area contributed by atoms with Gasteiger partial charge in [-0.3, -0.25) is 0 Å². The van der Waals surface area contributed by atoms with Gasteiger partial charge < -0.3 is 15.0 Å². The van der Waals surface area contributed by atoms with E-state index in [2.05, 4.69) is 10.1 Å². The average Bonchev–Trinajstić information content (AvgIpc) is 2.78. The molecule has 0 spiro atoms. The third-order valence-electron chi connectivity index (χ3n) is 2.93. The minimum Gasteiger partial charge on any atom is -0.368 e. The van der Waals surface area contributed by atoms with Gasteiger partial charge in [-0.1, -0.05) is 19.0 Å². The third-order valence-corrected chi connectivity index (χ3v) is 2.93. The maximum atomic E-state index is 5.95. The van der Waals surface area contributed by atoms with E-state index in [-0.39, 0.29) is 12.1 Å². The summed E-state index contributed by atoms with van der Waals surface area (Å²) in [6, 6.07) is -0.166. The van der Waals surface area contributed by atoms with Crippen LogP contribution in [-0.2, 0) is 4.74 Å². The van der Waals surface area contributed by atoms with Crippen LogP contribution in [0.3, 0.4) is 0 Å². The zero-order valence-electron chi connectivity index (χ0n) is 9.85. The molecule has 2 rings (SSSR count). The summed E-state index contributed by atoms with van der Waals surface area (Å²) in [5.74, 6) is 1.46. The largest absolute Gasteiger partial charge is 0.368 e. The van der Waals surface area contributed by atoms with Crippen molar-refractivity contribution in [1.29, 1.82) is 0 Å². The Balaban J connectivity index is 2.06. The number of nitrogens with zero attached hydrogens (tertiary/aromatic N) is 2. The predicted octanol–water partition coefficient (Wildman–Crippen LogP) is 1.97. The molecule has 2 unspecified atom stereocenters. The van der Waals surface area contributed by atoms with Crippen molar-refractivity contribution in [1.82, 2.24) is 10.1 Å². The van der Waals surface area contributed by atoms with Gasteiger partial charge in [-0.25, -0.2) is 0 Å². The van der Waals surface area contributed by atoms with Crippen molar-refractivity contribution < 1.29 is 9.26 Å². The molecule has 1 saturated heterocycles. The predicted molar refractivity (Wildman–Crippen MR) is 58.6 cm³/mol. The zero-order valence-corrected chi connectivity index (χ0v) is 9.85. The molecule has 5 heteroatoms. The summed E-state index contributed by atoms with van der Waals surface area (Å²) in [5, 5.41) is 3.92. The van der Waals surface area contributed by atoms with Crippen molar-refractivity contribution in [2.45, 2.75) is 45.3 Å². The summed E-state index contributed by atoms with van der Waals surface area (Å²) < 4.78 is 10.8. The van der Waals surface area contributed by atoms with E-state index in [0.29, 0.717) is 17.6 Å². The fourth-order valence-corrected chi connectivity index (χ4v) is 1.75. The van der Waals surface area contributed by atoms with E-state index in [9.17, 15) is 0 Å².